The smallest absolute Gasteiger partial charge is 0.265 e. The number of fused-ring (bicyclic) bond motifs is 2. The summed E-state index contributed by atoms with van der Waals surface area (Å²) in [5, 5.41) is 2.05. The lowest BCUT2D eigenvalue weighted by Gasteiger charge is -2.45. The standard InChI is InChI=1S/C29H38N4O2/c1-3-16-31-20-25-14-15-26(21-31)33(25)28(24-8-7-9-27(19-24)35-2)22-10-12-23(13-11-22)29(34)30-32-17-5-4-6-18-32/h3,7-13,19,25-26,28H,1,4-6,14-18,20-21H2,2H3,(H,30,34). The van der Waals surface area contributed by atoms with Gasteiger partial charge in [-0.3, -0.25) is 20.0 Å². The molecule has 3 aliphatic rings. The van der Waals surface area contributed by atoms with Gasteiger partial charge in [0.2, 0.25) is 0 Å². The van der Waals surface area contributed by atoms with Gasteiger partial charge in [-0.05, 0) is 61.1 Å². The third kappa shape index (κ3) is 5.30. The minimum atomic E-state index is -0.0190. The fraction of sp³-hybridized carbons (Fsp3) is 0.483. The van der Waals surface area contributed by atoms with Crippen LogP contribution in [0.2, 0.25) is 0 Å². The highest BCUT2D eigenvalue weighted by atomic mass is 16.5. The Kier molecular flexibility index (Phi) is 7.51. The molecule has 3 aliphatic heterocycles. The van der Waals surface area contributed by atoms with Crippen molar-refractivity contribution in [1.82, 2.24) is 20.2 Å². The normalized spacial score (nSPS) is 24.1. The van der Waals surface area contributed by atoms with Gasteiger partial charge in [0, 0.05) is 50.4 Å². The summed E-state index contributed by atoms with van der Waals surface area (Å²) >= 11 is 0. The second kappa shape index (κ2) is 10.9. The minimum Gasteiger partial charge on any atom is -0.497 e. The van der Waals surface area contributed by atoms with Crippen molar-refractivity contribution in [1.29, 1.82) is 0 Å². The third-order valence-corrected chi connectivity index (χ3v) is 7.81. The number of piperidine rings is 1. The van der Waals surface area contributed by atoms with Gasteiger partial charge in [0.05, 0.1) is 13.2 Å². The van der Waals surface area contributed by atoms with Crippen LogP contribution in [0.5, 0.6) is 5.75 Å². The molecule has 2 aromatic carbocycles. The predicted molar refractivity (Wildman–Crippen MR) is 139 cm³/mol. The van der Waals surface area contributed by atoms with Gasteiger partial charge < -0.3 is 4.74 Å². The molecule has 1 N–H and O–H groups in total. The molecule has 2 aromatic rings. The lowest BCUT2D eigenvalue weighted by atomic mass is 9.93. The van der Waals surface area contributed by atoms with Crippen LogP contribution in [0.4, 0.5) is 0 Å². The maximum Gasteiger partial charge on any atom is 0.265 e. The number of carbonyl (C=O) groups is 1. The summed E-state index contributed by atoms with van der Waals surface area (Å²) in [6, 6.07) is 17.9. The number of hydrogen-bond donors (Lipinski definition) is 1. The SMILES string of the molecule is C=CCN1CC2CCC(C1)N2C(c1ccc(C(=O)NN2CCCCC2)cc1)c1cccc(OC)c1. The molecule has 35 heavy (non-hydrogen) atoms. The quantitative estimate of drug-likeness (QED) is 0.580. The lowest BCUT2D eigenvalue weighted by Crippen LogP contribution is -2.54. The molecule has 0 radical (unpaired) electrons. The first kappa shape index (κ1) is 24.0. The molecule has 0 spiro atoms. The Bertz CT molecular complexity index is 1000. The van der Waals surface area contributed by atoms with Gasteiger partial charge >= 0.3 is 0 Å². The van der Waals surface area contributed by atoms with E-state index in [4.69, 9.17) is 4.74 Å². The second-order valence-electron chi connectivity index (χ2n) is 10.1. The number of nitrogens with zero attached hydrogens (tertiary/aromatic N) is 3. The van der Waals surface area contributed by atoms with E-state index in [2.05, 4.69) is 57.1 Å². The van der Waals surface area contributed by atoms with E-state index in [0.29, 0.717) is 17.6 Å². The van der Waals surface area contributed by atoms with Crippen molar-refractivity contribution in [3.05, 3.63) is 77.9 Å². The van der Waals surface area contributed by atoms with Crippen molar-refractivity contribution in [3.63, 3.8) is 0 Å². The molecule has 3 saturated heterocycles. The number of piperazine rings is 1. The number of rotatable bonds is 8. The largest absolute Gasteiger partial charge is 0.497 e. The summed E-state index contributed by atoms with van der Waals surface area (Å²) < 4.78 is 5.57. The first-order valence-electron chi connectivity index (χ1n) is 13.1. The highest BCUT2D eigenvalue weighted by molar-refractivity contribution is 5.93. The van der Waals surface area contributed by atoms with Crippen molar-refractivity contribution in [2.24, 2.45) is 0 Å². The Morgan fingerprint density at radius 2 is 1.77 bits per heavy atom. The topological polar surface area (TPSA) is 48.0 Å². The van der Waals surface area contributed by atoms with Crippen molar-refractivity contribution in [3.8, 4) is 5.75 Å². The number of ether oxygens (including phenoxy) is 1. The van der Waals surface area contributed by atoms with Crippen LogP contribution in [0.1, 0.15) is 59.6 Å². The molecule has 0 saturated carbocycles. The van der Waals surface area contributed by atoms with Crippen LogP contribution in [0.25, 0.3) is 0 Å². The van der Waals surface area contributed by atoms with E-state index in [9.17, 15) is 4.79 Å². The molecule has 3 atom stereocenters. The zero-order chi connectivity index (χ0) is 24.2. The summed E-state index contributed by atoms with van der Waals surface area (Å²) in [5.41, 5.74) is 6.26. The second-order valence-corrected chi connectivity index (χ2v) is 10.1. The number of likely N-dealkylation sites (tertiary alicyclic amines) is 1. The van der Waals surface area contributed by atoms with Crippen molar-refractivity contribution in [2.75, 3.05) is 39.8 Å². The molecule has 5 rings (SSSR count). The Hall–Kier alpha value is -2.67. The Morgan fingerprint density at radius 1 is 1.06 bits per heavy atom. The van der Waals surface area contributed by atoms with Gasteiger partial charge in [-0.2, -0.15) is 0 Å². The highest BCUT2D eigenvalue weighted by Gasteiger charge is 2.44. The van der Waals surface area contributed by atoms with Gasteiger partial charge in [-0.15, -0.1) is 6.58 Å². The summed E-state index contributed by atoms with van der Waals surface area (Å²) in [5.74, 6) is 0.858. The van der Waals surface area contributed by atoms with E-state index < -0.39 is 0 Å². The number of amides is 1. The molecule has 0 aromatic heterocycles. The van der Waals surface area contributed by atoms with Crippen LogP contribution in [0.3, 0.4) is 0 Å². The summed E-state index contributed by atoms with van der Waals surface area (Å²) in [7, 11) is 1.72. The van der Waals surface area contributed by atoms with Crippen LogP contribution in [0, 0.1) is 0 Å². The van der Waals surface area contributed by atoms with E-state index in [1.165, 1.54) is 30.4 Å². The first-order valence-corrected chi connectivity index (χ1v) is 13.1. The molecular weight excluding hydrogens is 436 g/mol. The van der Waals surface area contributed by atoms with Gasteiger partial charge in [0.25, 0.3) is 5.91 Å². The van der Waals surface area contributed by atoms with E-state index in [0.717, 1.165) is 51.3 Å². The molecule has 186 valence electrons. The summed E-state index contributed by atoms with van der Waals surface area (Å²) in [4.78, 5) is 18.1. The molecular formula is C29H38N4O2. The molecule has 6 nitrogen and oxygen atoms in total. The van der Waals surface area contributed by atoms with Crippen LogP contribution in [-0.2, 0) is 0 Å². The van der Waals surface area contributed by atoms with Crippen LogP contribution < -0.4 is 10.2 Å². The summed E-state index contributed by atoms with van der Waals surface area (Å²) in [6.07, 6.45) is 7.98. The predicted octanol–water partition coefficient (Wildman–Crippen LogP) is 4.25. The molecule has 2 bridgehead atoms. The number of nitrogens with one attached hydrogen (secondary N) is 1. The molecule has 3 heterocycles. The zero-order valence-electron chi connectivity index (χ0n) is 20.9. The van der Waals surface area contributed by atoms with Crippen LogP contribution in [0.15, 0.2) is 61.2 Å². The average molecular weight is 475 g/mol. The average Bonchev–Trinajstić information content (AvgIpc) is 3.14. The zero-order valence-corrected chi connectivity index (χ0v) is 20.9. The van der Waals surface area contributed by atoms with Crippen molar-refractivity contribution < 1.29 is 9.53 Å². The molecule has 3 fully saturated rings. The Labute approximate surface area is 209 Å². The van der Waals surface area contributed by atoms with Crippen molar-refractivity contribution >= 4 is 5.91 Å². The third-order valence-electron chi connectivity index (χ3n) is 7.81. The fourth-order valence-corrected chi connectivity index (χ4v) is 6.16. The Balaban J connectivity index is 1.41. The van der Waals surface area contributed by atoms with E-state index in [1.807, 2.05) is 24.3 Å². The van der Waals surface area contributed by atoms with Gasteiger partial charge in [-0.25, -0.2) is 5.01 Å². The lowest BCUT2D eigenvalue weighted by molar-refractivity contribution is 0.0499. The minimum absolute atomic E-state index is 0.0190. The molecule has 6 heteroatoms. The maximum atomic E-state index is 12.9. The molecule has 1 amide bonds. The number of hydrazine groups is 1. The number of methoxy groups -OCH3 is 1. The van der Waals surface area contributed by atoms with E-state index in [-0.39, 0.29) is 11.9 Å². The van der Waals surface area contributed by atoms with Crippen LogP contribution >= 0.6 is 0 Å². The van der Waals surface area contributed by atoms with E-state index >= 15 is 0 Å². The number of carbonyl (C=O) groups excluding carboxylic acids is 1. The van der Waals surface area contributed by atoms with Gasteiger partial charge in [0.1, 0.15) is 5.75 Å². The first-order chi connectivity index (χ1) is 17.2. The highest BCUT2D eigenvalue weighted by Crippen LogP contribution is 2.41. The molecule has 3 unspecified atom stereocenters. The van der Waals surface area contributed by atoms with E-state index in [1.54, 1.807) is 7.11 Å². The Morgan fingerprint density at radius 3 is 2.43 bits per heavy atom. The monoisotopic (exact) mass is 474 g/mol. The van der Waals surface area contributed by atoms with Crippen LogP contribution in [-0.4, -0.2) is 72.6 Å². The maximum absolute atomic E-state index is 12.9. The number of hydrogen-bond acceptors (Lipinski definition) is 5. The molecule has 0 aliphatic carbocycles. The van der Waals surface area contributed by atoms with Gasteiger partial charge in [0.15, 0.2) is 0 Å². The van der Waals surface area contributed by atoms with Crippen molar-refractivity contribution in [2.45, 2.75) is 50.2 Å². The summed E-state index contributed by atoms with van der Waals surface area (Å²) in [6.45, 7) is 8.90. The fourth-order valence-electron chi connectivity index (χ4n) is 6.16. The number of benzene rings is 2. The van der Waals surface area contributed by atoms with Gasteiger partial charge in [-0.1, -0.05) is 36.8 Å².